The molecule has 1 amide bonds. The van der Waals surface area contributed by atoms with Gasteiger partial charge in [0.25, 0.3) is 0 Å². The van der Waals surface area contributed by atoms with Gasteiger partial charge in [-0.3, -0.25) is 9.69 Å². The van der Waals surface area contributed by atoms with Crippen LogP contribution in [-0.4, -0.2) is 65.7 Å². The summed E-state index contributed by atoms with van der Waals surface area (Å²) in [6, 6.07) is 13.5. The number of likely N-dealkylation sites (tertiary alicyclic amines) is 1. The second-order valence-electron chi connectivity index (χ2n) is 11.4. The van der Waals surface area contributed by atoms with Crippen LogP contribution < -0.4 is 4.74 Å². The first kappa shape index (κ1) is 28.9. The third kappa shape index (κ3) is 5.91. The Morgan fingerprint density at radius 1 is 1.24 bits per heavy atom. The molecule has 4 rings (SSSR count). The van der Waals surface area contributed by atoms with Crippen molar-refractivity contribution in [3.8, 4) is 5.75 Å². The van der Waals surface area contributed by atoms with Crippen LogP contribution in [0.5, 0.6) is 5.75 Å². The lowest BCUT2D eigenvalue weighted by atomic mass is 9.55. The molecule has 1 aliphatic heterocycles. The maximum Gasteiger partial charge on any atom is 0.227 e. The molecule has 3 atom stereocenters. The van der Waals surface area contributed by atoms with Gasteiger partial charge in [0.05, 0.1) is 29.2 Å². The van der Waals surface area contributed by atoms with Crippen LogP contribution in [0.25, 0.3) is 0 Å². The molecule has 2 aliphatic rings. The van der Waals surface area contributed by atoms with Crippen LogP contribution in [0.2, 0.25) is 10.0 Å². The first-order chi connectivity index (χ1) is 18.1. The highest BCUT2D eigenvalue weighted by Crippen LogP contribution is 2.53. The summed E-state index contributed by atoms with van der Waals surface area (Å²) < 4.78 is 5.57. The Bertz CT molecular complexity index is 1160. The van der Waals surface area contributed by atoms with Crippen LogP contribution in [0.1, 0.15) is 50.7 Å². The average molecular weight is 560 g/mol. The number of ether oxygens (including phenoxy) is 1. The lowest BCUT2D eigenvalue weighted by Crippen LogP contribution is -2.67. The fraction of sp³-hybridized carbons (Fsp3) is 0.516. The monoisotopic (exact) mass is 558 g/mol. The molecule has 38 heavy (non-hydrogen) atoms. The zero-order chi connectivity index (χ0) is 27.5. The number of carbonyl (C=O) groups is 1. The van der Waals surface area contributed by atoms with Crippen molar-refractivity contribution in [3.63, 3.8) is 0 Å². The molecule has 0 spiro atoms. The molecular weight excluding hydrogens is 519 g/mol. The van der Waals surface area contributed by atoms with E-state index in [1.165, 1.54) is 0 Å². The van der Waals surface area contributed by atoms with Crippen LogP contribution in [0.3, 0.4) is 0 Å². The third-order valence-corrected chi connectivity index (χ3v) is 9.12. The number of rotatable bonds is 9. The number of β-amino-alcohol motifs (C(OH)–C–C–N with tert-alkyl or cyclic N) is 1. The van der Waals surface area contributed by atoms with Crippen molar-refractivity contribution in [2.45, 2.75) is 63.0 Å². The van der Waals surface area contributed by atoms with E-state index in [0.717, 1.165) is 42.8 Å². The molecule has 1 saturated heterocycles. The zero-order valence-corrected chi connectivity index (χ0v) is 24.3. The molecule has 0 unspecified atom stereocenters. The predicted molar refractivity (Wildman–Crippen MR) is 155 cm³/mol. The summed E-state index contributed by atoms with van der Waals surface area (Å²) in [5, 5.41) is 13.3. The van der Waals surface area contributed by atoms with E-state index in [9.17, 15) is 9.90 Å². The van der Waals surface area contributed by atoms with Crippen LogP contribution in [0, 0.1) is 5.92 Å². The van der Waals surface area contributed by atoms with E-state index in [4.69, 9.17) is 27.9 Å². The van der Waals surface area contributed by atoms with Gasteiger partial charge in [0.2, 0.25) is 5.91 Å². The van der Waals surface area contributed by atoms with E-state index in [0.29, 0.717) is 41.9 Å². The van der Waals surface area contributed by atoms with Gasteiger partial charge in [-0.15, -0.1) is 6.58 Å². The summed E-state index contributed by atoms with van der Waals surface area (Å²) in [5.74, 6) is 1.18. The molecule has 2 fully saturated rings. The largest absolute Gasteiger partial charge is 0.497 e. The van der Waals surface area contributed by atoms with Crippen molar-refractivity contribution in [2.24, 2.45) is 5.92 Å². The molecule has 2 aromatic carbocycles. The smallest absolute Gasteiger partial charge is 0.227 e. The van der Waals surface area contributed by atoms with Gasteiger partial charge >= 0.3 is 0 Å². The van der Waals surface area contributed by atoms with E-state index in [1.54, 1.807) is 19.2 Å². The number of benzene rings is 2. The van der Waals surface area contributed by atoms with E-state index >= 15 is 0 Å². The fourth-order valence-corrected chi connectivity index (χ4v) is 6.85. The third-order valence-electron chi connectivity index (χ3n) is 8.38. The van der Waals surface area contributed by atoms with Crippen LogP contribution in [-0.2, 0) is 16.6 Å². The molecule has 1 N–H and O–H groups in total. The lowest BCUT2D eigenvalue weighted by Gasteiger charge is -2.59. The highest BCUT2D eigenvalue weighted by Gasteiger charge is 2.58. The van der Waals surface area contributed by atoms with Gasteiger partial charge in [0.15, 0.2) is 0 Å². The Balaban J connectivity index is 1.68. The van der Waals surface area contributed by atoms with Crippen molar-refractivity contribution >= 4 is 29.1 Å². The number of halogens is 2. The van der Waals surface area contributed by atoms with Gasteiger partial charge in [-0.2, -0.15) is 0 Å². The topological polar surface area (TPSA) is 53.0 Å². The summed E-state index contributed by atoms with van der Waals surface area (Å²) in [6.45, 7) is 11.1. The minimum absolute atomic E-state index is 0.0186. The molecule has 0 aromatic heterocycles. The van der Waals surface area contributed by atoms with E-state index < -0.39 is 11.0 Å². The Labute approximate surface area is 237 Å². The maximum absolute atomic E-state index is 13.8. The summed E-state index contributed by atoms with van der Waals surface area (Å²) >= 11 is 12.3. The molecule has 0 radical (unpaired) electrons. The molecular formula is C31H40Cl2N2O3. The average Bonchev–Trinajstić information content (AvgIpc) is 2.89. The predicted octanol–water partition coefficient (Wildman–Crippen LogP) is 6.14. The minimum Gasteiger partial charge on any atom is -0.497 e. The number of fused-ring (bicyclic) bond motifs is 1. The summed E-state index contributed by atoms with van der Waals surface area (Å²) in [5.41, 5.74) is 0.545. The Morgan fingerprint density at radius 3 is 2.71 bits per heavy atom. The van der Waals surface area contributed by atoms with E-state index in [-0.39, 0.29) is 18.4 Å². The molecule has 1 heterocycles. The van der Waals surface area contributed by atoms with Gasteiger partial charge in [-0.05, 0) is 73.5 Å². The second kappa shape index (κ2) is 12.0. The fourth-order valence-electron chi connectivity index (χ4n) is 6.53. The minimum atomic E-state index is -0.909. The van der Waals surface area contributed by atoms with Crippen molar-refractivity contribution < 1.29 is 14.6 Å². The van der Waals surface area contributed by atoms with Crippen molar-refractivity contribution in [1.82, 2.24) is 9.80 Å². The molecule has 1 saturated carbocycles. The molecule has 7 heteroatoms. The number of hydrogen-bond donors (Lipinski definition) is 1. The van der Waals surface area contributed by atoms with Crippen LogP contribution in [0.4, 0.5) is 0 Å². The number of aliphatic hydroxyl groups is 1. The van der Waals surface area contributed by atoms with Crippen LogP contribution >= 0.6 is 23.2 Å². The number of carbonyl (C=O) groups excluding carboxylic acids is 1. The van der Waals surface area contributed by atoms with E-state index in [1.807, 2.05) is 24.3 Å². The molecule has 206 valence electrons. The first-order valence-corrected chi connectivity index (χ1v) is 14.3. The van der Waals surface area contributed by atoms with Gasteiger partial charge in [0.1, 0.15) is 5.75 Å². The van der Waals surface area contributed by atoms with Gasteiger partial charge < -0.3 is 14.7 Å². The molecule has 2 aromatic rings. The van der Waals surface area contributed by atoms with Gasteiger partial charge in [0, 0.05) is 31.1 Å². The number of nitrogens with zero attached hydrogens (tertiary/aromatic N) is 2. The Hall–Kier alpha value is -2.05. The summed E-state index contributed by atoms with van der Waals surface area (Å²) in [4.78, 5) is 18.2. The van der Waals surface area contributed by atoms with Crippen LogP contribution in [0.15, 0.2) is 55.1 Å². The number of piperidine rings is 1. The number of hydrogen-bond acceptors (Lipinski definition) is 4. The molecule has 1 aliphatic carbocycles. The second-order valence-corrected chi connectivity index (χ2v) is 12.2. The Kier molecular flexibility index (Phi) is 9.14. The lowest BCUT2D eigenvalue weighted by molar-refractivity contribution is -0.149. The zero-order valence-electron chi connectivity index (χ0n) is 22.8. The normalized spacial score (nSPS) is 25.6. The van der Waals surface area contributed by atoms with Gasteiger partial charge in [-0.25, -0.2) is 0 Å². The van der Waals surface area contributed by atoms with Gasteiger partial charge in [-0.1, -0.05) is 61.3 Å². The first-order valence-electron chi connectivity index (χ1n) is 13.5. The maximum atomic E-state index is 13.8. The van der Waals surface area contributed by atoms with Crippen molar-refractivity contribution in [1.29, 1.82) is 0 Å². The highest BCUT2D eigenvalue weighted by atomic mass is 35.5. The molecule has 5 nitrogen and oxygen atoms in total. The van der Waals surface area contributed by atoms with E-state index in [2.05, 4.69) is 42.4 Å². The standard InChI is InChI=1S/C31H40Cl2N2O3/c1-5-14-34-15-13-30(24-7-6-8-26(18-24)38-4)19-25(11-12-31(30,37)21-34)35(20-22(2)3)29(36)17-23-9-10-27(32)28(33)16-23/h5-10,16,18,22,25,37H,1,11-15,17,19-21H2,2-4H3/t25-,30+,31+/m1/s1. The number of methoxy groups -OCH3 is 1. The van der Waals surface area contributed by atoms with Crippen molar-refractivity contribution in [2.75, 3.05) is 33.3 Å². The molecule has 0 bridgehead atoms. The Morgan fingerprint density at radius 2 is 2.03 bits per heavy atom. The van der Waals surface area contributed by atoms with Crippen molar-refractivity contribution in [3.05, 3.63) is 76.3 Å². The quantitative estimate of drug-likeness (QED) is 0.375. The summed E-state index contributed by atoms with van der Waals surface area (Å²) in [7, 11) is 1.67. The number of amides is 1. The summed E-state index contributed by atoms with van der Waals surface area (Å²) in [6.07, 6.45) is 5.06. The highest BCUT2D eigenvalue weighted by molar-refractivity contribution is 6.42. The SMILES string of the molecule is C=CCN1CC[C@@]2(c3cccc(OC)c3)C[C@H](N(CC(C)C)C(=O)Cc3ccc(Cl)c(Cl)c3)CC[C@]2(O)C1.